The van der Waals surface area contributed by atoms with Crippen molar-refractivity contribution in [1.82, 2.24) is 20.9 Å². The van der Waals surface area contributed by atoms with E-state index in [2.05, 4.69) is 25.8 Å². The number of para-hydroxylation sites is 1. The van der Waals surface area contributed by atoms with E-state index in [0.717, 1.165) is 17.9 Å². The average molecular weight is 549 g/mol. The molecule has 0 aliphatic rings. The molecule has 0 unspecified atom stereocenters. The summed E-state index contributed by atoms with van der Waals surface area (Å²) < 4.78 is 11.2. The van der Waals surface area contributed by atoms with Crippen LogP contribution in [0.5, 0.6) is 5.75 Å². The molecule has 0 fully saturated rings. The van der Waals surface area contributed by atoms with Crippen LogP contribution in [0.1, 0.15) is 40.2 Å². The van der Waals surface area contributed by atoms with Crippen LogP contribution >= 0.6 is 24.0 Å². The largest absolute Gasteiger partial charge is 0.492 e. The van der Waals surface area contributed by atoms with E-state index in [1.165, 1.54) is 0 Å². The molecule has 0 heterocycles. The molecule has 1 aromatic rings. The standard InChI is InChI=1S/C22H39N5O3.HI/c1-21(2,3)30-20(28)26-22(4,5)16-25-19(23-6)24-15-17-11-9-10-12-18(17)29-14-13-27(7)8;/h9-12H,13-16H2,1-8H3,(H,26,28)(H2,23,24,25);1H. The van der Waals surface area contributed by atoms with E-state index in [0.29, 0.717) is 25.7 Å². The maximum atomic E-state index is 12.0. The van der Waals surface area contributed by atoms with E-state index in [9.17, 15) is 4.79 Å². The van der Waals surface area contributed by atoms with E-state index in [1.807, 2.05) is 73.0 Å². The Bertz CT molecular complexity index is 703. The fraction of sp³-hybridized carbons (Fsp3) is 0.636. The molecule has 0 saturated heterocycles. The third-order valence-electron chi connectivity index (χ3n) is 3.98. The Hall–Kier alpha value is -1.75. The van der Waals surface area contributed by atoms with Gasteiger partial charge in [0.05, 0.1) is 5.54 Å². The molecule has 0 aliphatic carbocycles. The third-order valence-corrected chi connectivity index (χ3v) is 3.98. The summed E-state index contributed by atoms with van der Waals surface area (Å²) in [5, 5.41) is 9.42. The van der Waals surface area contributed by atoms with Crippen LogP contribution in [0.3, 0.4) is 0 Å². The molecule has 0 bridgehead atoms. The van der Waals surface area contributed by atoms with Gasteiger partial charge in [-0.05, 0) is 54.8 Å². The lowest BCUT2D eigenvalue weighted by Gasteiger charge is -2.29. The van der Waals surface area contributed by atoms with Gasteiger partial charge in [0, 0.05) is 32.2 Å². The van der Waals surface area contributed by atoms with Crippen LogP contribution in [0, 0.1) is 0 Å². The Balaban J connectivity index is 0.00000900. The summed E-state index contributed by atoms with van der Waals surface area (Å²) >= 11 is 0. The topological polar surface area (TPSA) is 87.2 Å². The van der Waals surface area contributed by atoms with Gasteiger partial charge in [-0.15, -0.1) is 24.0 Å². The van der Waals surface area contributed by atoms with Gasteiger partial charge in [0.15, 0.2) is 5.96 Å². The number of ether oxygens (including phenoxy) is 2. The smallest absolute Gasteiger partial charge is 0.408 e. The van der Waals surface area contributed by atoms with Gasteiger partial charge < -0.3 is 30.3 Å². The first-order valence-corrected chi connectivity index (χ1v) is 10.2. The molecule has 0 aliphatic heterocycles. The molecule has 9 heteroatoms. The summed E-state index contributed by atoms with van der Waals surface area (Å²) in [4.78, 5) is 18.4. The number of carbonyl (C=O) groups excluding carboxylic acids is 1. The summed E-state index contributed by atoms with van der Waals surface area (Å²) in [7, 11) is 5.75. The number of rotatable bonds is 9. The van der Waals surface area contributed by atoms with Crippen LogP contribution in [-0.4, -0.2) is 68.9 Å². The van der Waals surface area contributed by atoms with Crippen molar-refractivity contribution in [3.05, 3.63) is 29.8 Å². The van der Waals surface area contributed by atoms with Gasteiger partial charge in [-0.1, -0.05) is 18.2 Å². The van der Waals surface area contributed by atoms with Crippen LogP contribution in [0.25, 0.3) is 0 Å². The normalized spacial score (nSPS) is 12.1. The van der Waals surface area contributed by atoms with Crippen molar-refractivity contribution in [2.24, 2.45) is 4.99 Å². The Labute approximate surface area is 204 Å². The molecular formula is C22H40IN5O3. The molecule has 0 saturated carbocycles. The van der Waals surface area contributed by atoms with Crippen molar-refractivity contribution in [3.63, 3.8) is 0 Å². The number of carbonyl (C=O) groups is 1. The van der Waals surface area contributed by atoms with Crippen LogP contribution < -0.4 is 20.7 Å². The molecule has 3 N–H and O–H groups in total. The highest BCUT2D eigenvalue weighted by molar-refractivity contribution is 14.0. The molecule has 0 radical (unpaired) electrons. The van der Waals surface area contributed by atoms with Crippen LogP contribution in [0.4, 0.5) is 4.79 Å². The lowest BCUT2D eigenvalue weighted by molar-refractivity contribution is 0.0474. The Morgan fingerprint density at radius 3 is 2.32 bits per heavy atom. The zero-order chi connectivity index (χ0) is 22.8. The van der Waals surface area contributed by atoms with Crippen molar-refractivity contribution in [1.29, 1.82) is 0 Å². The van der Waals surface area contributed by atoms with Gasteiger partial charge in [-0.2, -0.15) is 0 Å². The number of amides is 1. The lowest BCUT2D eigenvalue weighted by Crippen LogP contribution is -2.54. The number of alkyl carbamates (subject to hydrolysis) is 1. The highest BCUT2D eigenvalue weighted by atomic mass is 127. The summed E-state index contributed by atoms with van der Waals surface area (Å²) in [6.45, 7) is 11.9. The lowest BCUT2D eigenvalue weighted by atomic mass is 10.1. The van der Waals surface area contributed by atoms with Crippen LogP contribution in [0.2, 0.25) is 0 Å². The molecule has 1 rings (SSSR count). The van der Waals surface area contributed by atoms with E-state index in [4.69, 9.17) is 9.47 Å². The number of nitrogens with one attached hydrogen (secondary N) is 3. The minimum atomic E-state index is -0.535. The fourth-order valence-corrected chi connectivity index (χ4v) is 2.46. The average Bonchev–Trinajstić information content (AvgIpc) is 2.60. The fourth-order valence-electron chi connectivity index (χ4n) is 2.46. The van der Waals surface area contributed by atoms with E-state index < -0.39 is 17.2 Å². The summed E-state index contributed by atoms with van der Waals surface area (Å²) in [5.41, 5.74) is -0.00860. The number of guanidine groups is 1. The quantitative estimate of drug-likeness (QED) is 0.249. The number of nitrogens with zero attached hydrogens (tertiary/aromatic N) is 2. The van der Waals surface area contributed by atoms with Gasteiger partial charge in [0.2, 0.25) is 0 Å². The second-order valence-electron chi connectivity index (χ2n) is 9.05. The summed E-state index contributed by atoms with van der Waals surface area (Å²) in [5.74, 6) is 1.49. The van der Waals surface area contributed by atoms with Crippen molar-refractivity contribution < 1.29 is 14.3 Å². The summed E-state index contributed by atoms with van der Waals surface area (Å²) in [6.07, 6.45) is -0.443. The molecule has 8 nitrogen and oxygen atoms in total. The van der Waals surface area contributed by atoms with Crippen molar-refractivity contribution in [3.8, 4) is 5.75 Å². The number of aliphatic imine (C=N–C) groups is 1. The molecule has 0 aromatic heterocycles. The third kappa shape index (κ3) is 13.3. The van der Waals surface area contributed by atoms with E-state index in [-0.39, 0.29) is 24.0 Å². The number of benzene rings is 1. The number of likely N-dealkylation sites (N-methyl/N-ethyl adjacent to an activating group) is 1. The minimum absolute atomic E-state index is 0. The van der Waals surface area contributed by atoms with Gasteiger partial charge in [-0.25, -0.2) is 4.79 Å². The van der Waals surface area contributed by atoms with Gasteiger partial charge in [-0.3, -0.25) is 4.99 Å². The van der Waals surface area contributed by atoms with Gasteiger partial charge in [0.1, 0.15) is 18.0 Å². The number of halogens is 1. The first-order chi connectivity index (χ1) is 13.9. The molecule has 31 heavy (non-hydrogen) atoms. The Morgan fingerprint density at radius 1 is 1.10 bits per heavy atom. The van der Waals surface area contributed by atoms with Crippen molar-refractivity contribution >= 4 is 36.0 Å². The molecule has 0 spiro atoms. The van der Waals surface area contributed by atoms with E-state index >= 15 is 0 Å². The van der Waals surface area contributed by atoms with Crippen molar-refractivity contribution in [2.75, 3.05) is 40.8 Å². The van der Waals surface area contributed by atoms with Gasteiger partial charge >= 0.3 is 6.09 Å². The number of hydrogen-bond acceptors (Lipinski definition) is 5. The Kier molecular flexibility index (Phi) is 12.8. The second kappa shape index (κ2) is 13.6. The maximum absolute atomic E-state index is 12.0. The molecular weight excluding hydrogens is 509 g/mol. The monoisotopic (exact) mass is 549 g/mol. The molecule has 1 aromatic carbocycles. The van der Waals surface area contributed by atoms with Crippen molar-refractivity contribution in [2.45, 2.75) is 52.3 Å². The molecule has 178 valence electrons. The SMILES string of the molecule is CN=C(NCc1ccccc1OCCN(C)C)NCC(C)(C)NC(=O)OC(C)(C)C.I. The zero-order valence-corrected chi connectivity index (χ0v) is 22.5. The maximum Gasteiger partial charge on any atom is 0.408 e. The predicted molar refractivity (Wildman–Crippen MR) is 138 cm³/mol. The first-order valence-electron chi connectivity index (χ1n) is 10.2. The highest BCUT2D eigenvalue weighted by Gasteiger charge is 2.24. The number of hydrogen-bond donors (Lipinski definition) is 3. The molecule has 0 atom stereocenters. The first kappa shape index (κ1) is 29.2. The summed E-state index contributed by atoms with van der Waals surface area (Å²) in [6, 6.07) is 7.95. The molecule has 1 amide bonds. The van der Waals surface area contributed by atoms with E-state index in [1.54, 1.807) is 7.05 Å². The Morgan fingerprint density at radius 2 is 1.74 bits per heavy atom. The predicted octanol–water partition coefficient (Wildman–Crippen LogP) is 3.21. The minimum Gasteiger partial charge on any atom is -0.492 e. The van der Waals surface area contributed by atoms with Crippen LogP contribution in [0.15, 0.2) is 29.3 Å². The second-order valence-corrected chi connectivity index (χ2v) is 9.05. The zero-order valence-electron chi connectivity index (χ0n) is 20.2. The highest BCUT2D eigenvalue weighted by Crippen LogP contribution is 2.17. The van der Waals surface area contributed by atoms with Crippen LogP contribution in [-0.2, 0) is 11.3 Å². The van der Waals surface area contributed by atoms with Gasteiger partial charge in [0.25, 0.3) is 0 Å².